The summed E-state index contributed by atoms with van der Waals surface area (Å²) < 4.78 is 4.54. The van der Waals surface area contributed by atoms with Gasteiger partial charge in [-0.05, 0) is 23.7 Å². The second kappa shape index (κ2) is 6.06. The van der Waals surface area contributed by atoms with Gasteiger partial charge in [0.05, 0.1) is 7.11 Å². The summed E-state index contributed by atoms with van der Waals surface area (Å²) in [6, 6.07) is 0. The molecule has 4 heteroatoms. The van der Waals surface area contributed by atoms with Crippen LogP contribution in [-0.4, -0.2) is 24.6 Å². The number of esters is 1. The van der Waals surface area contributed by atoms with Crippen molar-refractivity contribution >= 4 is 17.5 Å². The maximum Gasteiger partial charge on any atom is 0.316 e. The summed E-state index contributed by atoms with van der Waals surface area (Å²) in [5.41, 5.74) is 0.285. The third-order valence-electron chi connectivity index (χ3n) is 4.04. The Morgan fingerprint density at radius 3 is 1.95 bits per heavy atom. The maximum atomic E-state index is 11.3. The van der Waals surface area contributed by atoms with Crippen LogP contribution in [0, 0.1) is 16.7 Å². The van der Waals surface area contributed by atoms with Crippen molar-refractivity contribution in [2.24, 2.45) is 16.7 Å². The summed E-state index contributed by atoms with van der Waals surface area (Å²) in [7, 11) is 1.32. The smallest absolute Gasteiger partial charge is 0.316 e. The van der Waals surface area contributed by atoms with Crippen molar-refractivity contribution in [2.75, 3.05) is 7.11 Å². The van der Waals surface area contributed by atoms with Gasteiger partial charge in [-0.25, -0.2) is 0 Å². The molecule has 114 valence electrons. The number of carbonyl (C=O) groups is 3. The predicted molar refractivity (Wildman–Crippen MR) is 76.2 cm³/mol. The fraction of sp³-hybridized carbons (Fsp3) is 0.812. The summed E-state index contributed by atoms with van der Waals surface area (Å²) in [6.45, 7) is 8.29. The molecule has 0 aromatic carbocycles. The number of ether oxygens (including phenoxy) is 1. The average molecular weight is 282 g/mol. The van der Waals surface area contributed by atoms with Gasteiger partial charge in [-0.15, -0.1) is 0 Å². The molecule has 0 heterocycles. The molecule has 20 heavy (non-hydrogen) atoms. The van der Waals surface area contributed by atoms with Crippen LogP contribution in [0.3, 0.4) is 0 Å². The van der Waals surface area contributed by atoms with E-state index < -0.39 is 5.92 Å². The van der Waals surface area contributed by atoms with Gasteiger partial charge in [0.2, 0.25) is 0 Å². The van der Waals surface area contributed by atoms with Gasteiger partial charge in [-0.1, -0.05) is 27.7 Å². The molecular weight excluding hydrogens is 256 g/mol. The summed E-state index contributed by atoms with van der Waals surface area (Å²) >= 11 is 0. The Morgan fingerprint density at radius 2 is 1.70 bits per heavy atom. The quantitative estimate of drug-likeness (QED) is 0.548. The molecule has 2 aliphatic rings. The number of hydrogen-bond acceptors (Lipinski definition) is 4. The fourth-order valence-corrected chi connectivity index (χ4v) is 2.88. The van der Waals surface area contributed by atoms with E-state index in [1.165, 1.54) is 7.11 Å². The van der Waals surface area contributed by atoms with Crippen LogP contribution >= 0.6 is 0 Å². The zero-order valence-corrected chi connectivity index (χ0v) is 13.2. The number of rotatable bonds is 1. The molecule has 0 bridgehead atoms. The van der Waals surface area contributed by atoms with Gasteiger partial charge >= 0.3 is 5.97 Å². The molecule has 0 aromatic heterocycles. The van der Waals surface area contributed by atoms with Crippen molar-refractivity contribution in [1.82, 2.24) is 0 Å². The summed E-state index contributed by atoms with van der Waals surface area (Å²) in [5.74, 6) is -0.433. The standard InChI is InChI=1S/C9H14O3.C7H12O/c1-9(2)4-6(7(10)5-9)8(11)12-3;1-7(2)4-3-6(8)5-7/h6H,4-5H2,1-3H3;3-5H2,1-2H3. The Labute approximate surface area is 121 Å². The molecule has 1 atom stereocenters. The molecule has 0 radical (unpaired) electrons. The van der Waals surface area contributed by atoms with E-state index in [0.29, 0.717) is 24.0 Å². The van der Waals surface area contributed by atoms with E-state index in [2.05, 4.69) is 18.6 Å². The van der Waals surface area contributed by atoms with Gasteiger partial charge < -0.3 is 4.74 Å². The minimum Gasteiger partial charge on any atom is -0.468 e. The third kappa shape index (κ3) is 4.73. The van der Waals surface area contributed by atoms with Gasteiger partial charge in [0.1, 0.15) is 17.5 Å². The van der Waals surface area contributed by atoms with Crippen LogP contribution in [0.4, 0.5) is 0 Å². The SMILES string of the molecule is CC1(C)CCC(=O)C1.COC(=O)C1CC(C)(C)CC1=O. The van der Waals surface area contributed by atoms with E-state index in [1.54, 1.807) is 0 Å². The lowest BCUT2D eigenvalue weighted by atomic mass is 9.91. The van der Waals surface area contributed by atoms with Crippen LogP contribution in [0.15, 0.2) is 0 Å². The second-order valence-electron chi connectivity index (χ2n) is 7.47. The first kappa shape index (κ1) is 16.9. The zero-order valence-electron chi connectivity index (χ0n) is 13.2. The number of Topliss-reactive ketones (excluding diaryl/α,β-unsaturated/α-hetero) is 2. The van der Waals surface area contributed by atoms with E-state index >= 15 is 0 Å². The first-order chi connectivity index (χ1) is 9.06. The molecule has 1 unspecified atom stereocenters. The Bertz CT molecular complexity index is 407. The van der Waals surface area contributed by atoms with Crippen LogP contribution in [0.25, 0.3) is 0 Å². The van der Waals surface area contributed by atoms with Crippen molar-refractivity contribution in [2.45, 2.75) is 59.8 Å². The molecule has 2 fully saturated rings. The fourth-order valence-electron chi connectivity index (χ4n) is 2.88. The van der Waals surface area contributed by atoms with Crippen molar-refractivity contribution in [3.63, 3.8) is 0 Å². The van der Waals surface area contributed by atoms with Crippen LogP contribution < -0.4 is 0 Å². The van der Waals surface area contributed by atoms with Gasteiger partial charge in [-0.3, -0.25) is 14.4 Å². The topological polar surface area (TPSA) is 60.4 Å². The highest BCUT2D eigenvalue weighted by molar-refractivity contribution is 6.00. The molecule has 0 aromatic rings. The number of hydrogen-bond donors (Lipinski definition) is 0. The van der Waals surface area contributed by atoms with Crippen molar-refractivity contribution < 1.29 is 19.1 Å². The Hall–Kier alpha value is -1.19. The average Bonchev–Trinajstić information content (AvgIpc) is 2.77. The number of carbonyl (C=O) groups excluding carboxylic acids is 3. The highest BCUT2D eigenvalue weighted by Gasteiger charge is 2.42. The Balaban J connectivity index is 0.000000217. The molecular formula is C16H26O4. The highest BCUT2D eigenvalue weighted by Crippen LogP contribution is 2.38. The first-order valence-electron chi connectivity index (χ1n) is 7.19. The lowest BCUT2D eigenvalue weighted by Crippen LogP contribution is -2.19. The molecule has 2 aliphatic carbocycles. The summed E-state index contributed by atoms with van der Waals surface area (Å²) in [4.78, 5) is 33.0. The maximum absolute atomic E-state index is 11.3. The number of ketones is 2. The second-order valence-corrected chi connectivity index (χ2v) is 7.47. The predicted octanol–water partition coefficient (Wildman–Crippen LogP) is 2.93. The van der Waals surface area contributed by atoms with E-state index in [1.807, 2.05) is 13.8 Å². The first-order valence-corrected chi connectivity index (χ1v) is 7.19. The van der Waals surface area contributed by atoms with Crippen molar-refractivity contribution in [3.8, 4) is 0 Å². The third-order valence-corrected chi connectivity index (χ3v) is 4.04. The van der Waals surface area contributed by atoms with Crippen LogP contribution in [-0.2, 0) is 19.1 Å². The molecule has 0 aliphatic heterocycles. The molecule has 0 N–H and O–H groups in total. The Morgan fingerprint density at radius 1 is 1.10 bits per heavy atom. The van der Waals surface area contributed by atoms with E-state index in [-0.39, 0.29) is 17.2 Å². The molecule has 0 saturated heterocycles. The van der Waals surface area contributed by atoms with Gasteiger partial charge in [-0.2, -0.15) is 0 Å². The van der Waals surface area contributed by atoms with Crippen LogP contribution in [0.1, 0.15) is 59.8 Å². The van der Waals surface area contributed by atoms with Crippen LogP contribution in [0.2, 0.25) is 0 Å². The zero-order chi connectivity index (χ0) is 15.6. The van der Waals surface area contributed by atoms with Gasteiger partial charge in [0.15, 0.2) is 0 Å². The molecule has 4 nitrogen and oxygen atoms in total. The molecule has 0 spiro atoms. The monoisotopic (exact) mass is 282 g/mol. The normalized spacial score (nSPS) is 26.9. The van der Waals surface area contributed by atoms with E-state index in [0.717, 1.165) is 19.3 Å². The van der Waals surface area contributed by atoms with E-state index in [4.69, 9.17) is 0 Å². The number of methoxy groups -OCH3 is 1. The van der Waals surface area contributed by atoms with Gasteiger partial charge in [0, 0.05) is 19.3 Å². The van der Waals surface area contributed by atoms with Crippen molar-refractivity contribution in [3.05, 3.63) is 0 Å². The van der Waals surface area contributed by atoms with E-state index in [9.17, 15) is 14.4 Å². The Kier molecular flexibility index (Phi) is 5.11. The molecule has 2 rings (SSSR count). The minimum atomic E-state index is -0.509. The summed E-state index contributed by atoms with van der Waals surface area (Å²) in [5, 5.41) is 0. The van der Waals surface area contributed by atoms with Gasteiger partial charge in [0.25, 0.3) is 0 Å². The lowest BCUT2D eigenvalue weighted by Gasteiger charge is -2.14. The largest absolute Gasteiger partial charge is 0.468 e. The lowest BCUT2D eigenvalue weighted by molar-refractivity contribution is -0.148. The highest BCUT2D eigenvalue weighted by atomic mass is 16.5. The van der Waals surface area contributed by atoms with Crippen LogP contribution in [0.5, 0.6) is 0 Å². The van der Waals surface area contributed by atoms with Crippen molar-refractivity contribution in [1.29, 1.82) is 0 Å². The molecule has 2 saturated carbocycles. The minimum absolute atomic E-state index is 0.0202. The molecule has 0 amide bonds. The summed E-state index contributed by atoms with van der Waals surface area (Å²) in [6.07, 6.45) is 3.82.